The van der Waals surface area contributed by atoms with E-state index >= 15 is 0 Å². The molecule has 3 rings (SSSR count). The van der Waals surface area contributed by atoms with Crippen molar-refractivity contribution in [1.29, 1.82) is 0 Å². The zero-order chi connectivity index (χ0) is 18.5. The van der Waals surface area contributed by atoms with Crippen LogP contribution in [-0.2, 0) is 0 Å². The van der Waals surface area contributed by atoms with Gasteiger partial charge in [0.25, 0.3) is 5.91 Å². The monoisotopic (exact) mass is 430 g/mol. The molecule has 1 heterocycles. The molecule has 0 aliphatic rings. The Bertz CT molecular complexity index is 940. The van der Waals surface area contributed by atoms with Crippen molar-refractivity contribution in [2.45, 2.75) is 6.92 Å². The molecule has 0 fully saturated rings. The quantitative estimate of drug-likeness (QED) is 0.537. The van der Waals surface area contributed by atoms with Gasteiger partial charge in [-0.2, -0.15) is 0 Å². The highest BCUT2D eigenvalue weighted by molar-refractivity contribution is 9.10. The van der Waals surface area contributed by atoms with Crippen LogP contribution in [0.1, 0.15) is 16.1 Å². The number of nitrogens with one attached hydrogen (secondary N) is 3. The molecular formula is C18H15BrN4O2S. The first-order valence-electron chi connectivity index (χ1n) is 7.67. The molecule has 6 nitrogen and oxygen atoms in total. The molecule has 1 aromatic heterocycles. The number of halogens is 1. The fourth-order valence-corrected chi connectivity index (χ4v) is 3.18. The second-order valence-electron chi connectivity index (χ2n) is 5.45. The highest BCUT2D eigenvalue weighted by Crippen LogP contribution is 2.19. The van der Waals surface area contributed by atoms with E-state index < -0.39 is 6.03 Å². The minimum absolute atomic E-state index is 0.237. The summed E-state index contributed by atoms with van der Waals surface area (Å²) in [6, 6.07) is 14.3. The van der Waals surface area contributed by atoms with Gasteiger partial charge in [0.05, 0.1) is 0 Å². The smallest absolute Gasteiger partial charge is 0.321 e. The summed E-state index contributed by atoms with van der Waals surface area (Å²) in [5.41, 5.74) is 2.68. The summed E-state index contributed by atoms with van der Waals surface area (Å²) >= 11 is 4.53. The van der Waals surface area contributed by atoms with E-state index in [2.05, 4.69) is 36.9 Å². The minimum Gasteiger partial charge on any atom is -0.321 e. The van der Waals surface area contributed by atoms with Gasteiger partial charge in [-0.15, -0.1) is 11.3 Å². The molecule has 2 aromatic carbocycles. The largest absolute Gasteiger partial charge is 0.325 e. The molecule has 3 aromatic rings. The second kappa shape index (κ2) is 8.11. The van der Waals surface area contributed by atoms with E-state index in [1.165, 1.54) is 11.3 Å². The SMILES string of the molecule is Cc1ccc(NC(=O)Nc2nc(C(=O)Nc3cccc(Br)c3)cs2)cc1. The molecule has 0 saturated carbocycles. The summed E-state index contributed by atoms with van der Waals surface area (Å²) in [7, 11) is 0. The summed E-state index contributed by atoms with van der Waals surface area (Å²) in [4.78, 5) is 28.4. The lowest BCUT2D eigenvalue weighted by atomic mass is 10.2. The van der Waals surface area contributed by atoms with Crippen LogP contribution in [0.5, 0.6) is 0 Å². The number of thiazole rings is 1. The predicted octanol–water partition coefficient (Wildman–Crippen LogP) is 5.11. The van der Waals surface area contributed by atoms with E-state index in [-0.39, 0.29) is 11.6 Å². The lowest BCUT2D eigenvalue weighted by molar-refractivity contribution is 0.102. The van der Waals surface area contributed by atoms with Gasteiger partial charge in [0.15, 0.2) is 5.13 Å². The first-order chi connectivity index (χ1) is 12.5. The molecular weight excluding hydrogens is 416 g/mol. The van der Waals surface area contributed by atoms with Crippen LogP contribution in [-0.4, -0.2) is 16.9 Å². The van der Waals surface area contributed by atoms with Gasteiger partial charge in [-0.1, -0.05) is 39.7 Å². The first kappa shape index (κ1) is 18.1. The highest BCUT2D eigenvalue weighted by Gasteiger charge is 2.13. The Morgan fingerprint density at radius 3 is 2.50 bits per heavy atom. The van der Waals surface area contributed by atoms with Gasteiger partial charge in [0, 0.05) is 21.2 Å². The number of amides is 3. The highest BCUT2D eigenvalue weighted by atomic mass is 79.9. The van der Waals surface area contributed by atoms with Gasteiger partial charge in [-0.25, -0.2) is 9.78 Å². The van der Waals surface area contributed by atoms with Crippen molar-refractivity contribution in [3.8, 4) is 0 Å². The normalized spacial score (nSPS) is 10.2. The van der Waals surface area contributed by atoms with Gasteiger partial charge in [-0.3, -0.25) is 10.1 Å². The fourth-order valence-electron chi connectivity index (χ4n) is 2.09. The van der Waals surface area contributed by atoms with E-state index in [9.17, 15) is 9.59 Å². The molecule has 3 N–H and O–H groups in total. The second-order valence-corrected chi connectivity index (χ2v) is 7.22. The van der Waals surface area contributed by atoms with Crippen LogP contribution in [0.4, 0.5) is 21.3 Å². The minimum atomic E-state index is -0.415. The van der Waals surface area contributed by atoms with E-state index in [0.717, 1.165) is 10.0 Å². The molecule has 0 spiro atoms. The van der Waals surface area contributed by atoms with Crippen molar-refractivity contribution in [2.24, 2.45) is 0 Å². The first-order valence-corrected chi connectivity index (χ1v) is 9.34. The van der Waals surface area contributed by atoms with Crippen molar-refractivity contribution in [3.63, 3.8) is 0 Å². The van der Waals surface area contributed by atoms with E-state index in [0.29, 0.717) is 16.5 Å². The number of anilines is 3. The number of aromatic nitrogens is 1. The third-order valence-electron chi connectivity index (χ3n) is 3.35. The van der Waals surface area contributed by atoms with Gasteiger partial charge in [-0.05, 0) is 37.3 Å². The van der Waals surface area contributed by atoms with E-state index in [1.807, 2.05) is 43.3 Å². The van der Waals surface area contributed by atoms with Gasteiger partial charge < -0.3 is 10.6 Å². The summed E-state index contributed by atoms with van der Waals surface area (Å²) < 4.78 is 0.865. The molecule has 3 amide bonds. The zero-order valence-corrected chi connectivity index (χ0v) is 16.1. The Kier molecular flexibility index (Phi) is 5.65. The standard InChI is InChI=1S/C18H15BrN4O2S/c1-11-5-7-13(8-6-11)21-17(25)23-18-22-15(10-26-18)16(24)20-14-4-2-3-12(19)9-14/h2-10H,1H3,(H,20,24)(H2,21,22,23,25). The third-order valence-corrected chi connectivity index (χ3v) is 4.60. The van der Waals surface area contributed by atoms with Crippen molar-refractivity contribution < 1.29 is 9.59 Å². The average Bonchev–Trinajstić information content (AvgIpc) is 3.05. The van der Waals surface area contributed by atoms with E-state index in [4.69, 9.17) is 0 Å². The molecule has 0 aliphatic heterocycles. The number of hydrogen-bond donors (Lipinski definition) is 3. The average molecular weight is 431 g/mol. The molecule has 132 valence electrons. The summed E-state index contributed by atoms with van der Waals surface area (Å²) in [5.74, 6) is -0.341. The van der Waals surface area contributed by atoms with Gasteiger partial charge >= 0.3 is 6.03 Å². The number of rotatable bonds is 4. The predicted molar refractivity (Wildman–Crippen MR) is 108 cm³/mol. The lowest BCUT2D eigenvalue weighted by Gasteiger charge is -2.05. The Morgan fingerprint density at radius 1 is 1.00 bits per heavy atom. The van der Waals surface area contributed by atoms with Crippen LogP contribution < -0.4 is 16.0 Å². The van der Waals surface area contributed by atoms with Crippen molar-refractivity contribution in [2.75, 3.05) is 16.0 Å². The van der Waals surface area contributed by atoms with Crippen LogP contribution in [0, 0.1) is 6.92 Å². The maximum Gasteiger partial charge on any atom is 0.325 e. The molecule has 8 heteroatoms. The van der Waals surface area contributed by atoms with Crippen LogP contribution in [0.3, 0.4) is 0 Å². The topological polar surface area (TPSA) is 83.1 Å². The van der Waals surface area contributed by atoms with Crippen LogP contribution in [0.25, 0.3) is 0 Å². The number of urea groups is 1. The molecule has 0 bridgehead atoms. The maximum atomic E-state index is 12.2. The molecule has 0 aliphatic carbocycles. The fraction of sp³-hybridized carbons (Fsp3) is 0.0556. The maximum absolute atomic E-state index is 12.2. The van der Waals surface area contributed by atoms with Crippen molar-refractivity contribution >= 4 is 55.7 Å². The molecule has 0 radical (unpaired) electrons. The van der Waals surface area contributed by atoms with E-state index in [1.54, 1.807) is 17.5 Å². The summed E-state index contributed by atoms with van der Waals surface area (Å²) in [6.45, 7) is 1.97. The van der Waals surface area contributed by atoms with Crippen molar-refractivity contribution in [3.05, 3.63) is 69.6 Å². The number of aryl methyl sites for hydroxylation is 1. The zero-order valence-electron chi connectivity index (χ0n) is 13.7. The van der Waals surface area contributed by atoms with Gasteiger partial charge in [0.1, 0.15) is 5.69 Å². The molecule has 0 saturated heterocycles. The van der Waals surface area contributed by atoms with Gasteiger partial charge in [0.2, 0.25) is 0 Å². The Balaban J connectivity index is 1.59. The number of hydrogen-bond acceptors (Lipinski definition) is 4. The molecule has 26 heavy (non-hydrogen) atoms. The third kappa shape index (κ3) is 4.90. The number of carbonyl (C=O) groups is 2. The lowest BCUT2D eigenvalue weighted by Crippen LogP contribution is -2.19. The Morgan fingerprint density at radius 2 is 1.77 bits per heavy atom. The Hall–Kier alpha value is -2.71. The summed E-state index contributed by atoms with van der Waals surface area (Å²) in [6.07, 6.45) is 0. The number of benzene rings is 2. The molecule has 0 atom stereocenters. The van der Waals surface area contributed by atoms with Crippen LogP contribution >= 0.6 is 27.3 Å². The number of nitrogens with zero attached hydrogens (tertiary/aromatic N) is 1. The van der Waals surface area contributed by atoms with Crippen molar-refractivity contribution in [1.82, 2.24) is 4.98 Å². The van der Waals surface area contributed by atoms with Crippen LogP contribution in [0.15, 0.2) is 58.4 Å². The molecule has 0 unspecified atom stereocenters. The Labute approximate surface area is 162 Å². The summed E-state index contributed by atoms with van der Waals surface area (Å²) in [5, 5.41) is 10.0. The van der Waals surface area contributed by atoms with Crippen LogP contribution in [0.2, 0.25) is 0 Å². The number of carbonyl (C=O) groups excluding carboxylic acids is 2.